The van der Waals surface area contributed by atoms with Gasteiger partial charge in [0.1, 0.15) is 24.3 Å². The molecule has 0 radical (unpaired) electrons. The average Bonchev–Trinajstić information content (AvgIpc) is 3.10. The zero-order valence-corrected chi connectivity index (χ0v) is 18.1. The summed E-state index contributed by atoms with van der Waals surface area (Å²) in [4.78, 5) is 36.8. The summed E-state index contributed by atoms with van der Waals surface area (Å²) in [5, 5.41) is 15.5. The van der Waals surface area contributed by atoms with Crippen LogP contribution in [0.15, 0.2) is 17.2 Å². The molecule has 0 unspecified atom stereocenters. The first-order valence-corrected chi connectivity index (χ1v) is 9.76. The summed E-state index contributed by atoms with van der Waals surface area (Å²) in [6.07, 6.45) is -3.63. The van der Waals surface area contributed by atoms with E-state index in [2.05, 4.69) is 30.1 Å². The lowest BCUT2D eigenvalue weighted by atomic mass is 10.2. The summed E-state index contributed by atoms with van der Waals surface area (Å²) < 4.78 is 59.5. The van der Waals surface area contributed by atoms with E-state index >= 15 is 0 Å². The Morgan fingerprint density at radius 1 is 1.26 bits per heavy atom. The van der Waals surface area contributed by atoms with Crippen LogP contribution in [0.5, 0.6) is 5.88 Å². The van der Waals surface area contributed by atoms with Crippen LogP contribution in [0.3, 0.4) is 0 Å². The van der Waals surface area contributed by atoms with E-state index in [0.29, 0.717) is 22.0 Å². The number of hydrogen-bond acceptors (Lipinski definition) is 8. The number of anilines is 1. The number of rotatable bonds is 7. The highest BCUT2D eigenvalue weighted by molar-refractivity contribution is 6.05. The fraction of sp³-hybridized carbons (Fsp3) is 0.368. The quantitative estimate of drug-likeness (QED) is 0.483. The number of ether oxygens (including phenoxy) is 1. The van der Waals surface area contributed by atoms with E-state index < -0.39 is 54.1 Å². The molecule has 3 heterocycles. The molecule has 3 aromatic heterocycles. The van der Waals surface area contributed by atoms with Crippen LogP contribution >= 0.6 is 0 Å². The number of nitrogens with one attached hydrogen (secondary N) is 1. The third-order valence-corrected chi connectivity index (χ3v) is 4.71. The van der Waals surface area contributed by atoms with Crippen LogP contribution in [0.1, 0.15) is 34.4 Å². The van der Waals surface area contributed by atoms with Gasteiger partial charge >= 0.3 is 11.9 Å². The summed E-state index contributed by atoms with van der Waals surface area (Å²) in [6, 6.07) is 0.572. The molecule has 1 amide bonds. The highest BCUT2D eigenvalue weighted by Crippen LogP contribution is 2.25. The van der Waals surface area contributed by atoms with Crippen molar-refractivity contribution in [2.75, 3.05) is 11.9 Å². The Labute approximate surface area is 189 Å². The monoisotopic (exact) mass is 485 g/mol. The molecule has 3 aromatic rings. The van der Waals surface area contributed by atoms with E-state index in [9.17, 15) is 32.3 Å². The molecule has 11 nitrogen and oxygen atoms in total. The largest absolute Gasteiger partial charge is 0.467 e. The predicted octanol–water partition coefficient (Wildman–Crippen LogP) is 1.68. The van der Waals surface area contributed by atoms with Gasteiger partial charge in [-0.3, -0.25) is 9.36 Å². The van der Waals surface area contributed by atoms with Crippen molar-refractivity contribution in [2.24, 2.45) is 0 Å². The van der Waals surface area contributed by atoms with Gasteiger partial charge in [0.15, 0.2) is 24.1 Å². The van der Waals surface area contributed by atoms with Gasteiger partial charge in [-0.1, -0.05) is 0 Å². The van der Waals surface area contributed by atoms with Crippen LogP contribution in [0.4, 0.5) is 23.4 Å². The molecule has 0 bridgehead atoms. The average molecular weight is 485 g/mol. The van der Waals surface area contributed by atoms with Crippen molar-refractivity contribution < 1.29 is 32.2 Å². The summed E-state index contributed by atoms with van der Waals surface area (Å²) in [7, 11) is 0. The van der Waals surface area contributed by atoms with E-state index in [1.807, 2.05) is 0 Å². The lowest BCUT2D eigenvalue weighted by Crippen LogP contribution is -2.27. The number of alkyl halides is 3. The lowest BCUT2D eigenvalue weighted by molar-refractivity contribution is -0.154. The Hall–Kier alpha value is -3.88. The molecule has 0 atom stereocenters. The maximum absolute atomic E-state index is 14.9. The Morgan fingerprint density at radius 2 is 1.97 bits per heavy atom. The highest BCUT2D eigenvalue weighted by Gasteiger charge is 2.31. The molecule has 0 saturated carbocycles. The van der Waals surface area contributed by atoms with Crippen molar-refractivity contribution in [3.8, 4) is 11.7 Å². The summed E-state index contributed by atoms with van der Waals surface area (Å²) in [5.74, 6) is -4.07. The van der Waals surface area contributed by atoms with E-state index in [4.69, 9.17) is 0 Å². The van der Waals surface area contributed by atoms with Crippen molar-refractivity contribution in [1.82, 2.24) is 29.3 Å². The molecule has 15 heteroatoms. The topological polar surface area (TPSA) is 137 Å². The number of pyridine rings is 1. The minimum Gasteiger partial charge on any atom is -0.467 e. The van der Waals surface area contributed by atoms with E-state index in [1.54, 1.807) is 20.8 Å². The summed E-state index contributed by atoms with van der Waals surface area (Å²) in [5.41, 5.74) is -0.563. The Balaban J connectivity index is 2.11. The zero-order chi connectivity index (χ0) is 25.2. The predicted molar refractivity (Wildman–Crippen MR) is 108 cm³/mol. The molecule has 0 spiro atoms. The van der Waals surface area contributed by atoms with Crippen LogP contribution in [-0.4, -0.2) is 53.1 Å². The van der Waals surface area contributed by atoms with E-state index in [0.717, 1.165) is 10.9 Å². The molecule has 34 heavy (non-hydrogen) atoms. The van der Waals surface area contributed by atoms with Crippen molar-refractivity contribution in [1.29, 1.82) is 0 Å². The summed E-state index contributed by atoms with van der Waals surface area (Å²) >= 11 is 0. The number of hydrogen-bond donors (Lipinski definition) is 2. The minimum atomic E-state index is -4.80. The molecular formula is C19H19F4N7O4. The van der Waals surface area contributed by atoms with Gasteiger partial charge in [0, 0.05) is 17.8 Å². The maximum atomic E-state index is 14.9. The SMILES string of the molecule is CCn1c(CO)nn(-c2nc(OCC(F)(F)F)c(C(=O)Nc3ncnc(C)c3C)cc2F)c1=O. The number of aliphatic hydroxyl groups is 1. The molecule has 0 saturated heterocycles. The smallest absolute Gasteiger partial charge is 0.422 e. The van der Waals surface area contributed by atoms with Crippen molar-refractivity contribution >= 4 is 11.7 Å². The van der Waals surface area contributed by atoms with Gasteiger partial charge in [0.2, 0.25) is 5.88 Å². The van der Waals surface area contributed by atoms with Gasteiger partial charge in [-0.2, -0.15) is 22.8 Å². The molecule has 0 aliphatic heterocycles. The van der Waals surface area contributed by atoms with Crippen LogP contribution in [0.25, 0.3) is 5.82 Å². The third kappa shape index (κ3) is 5.03. The molecule has 3 rings (SSSR count). The zero-order valence-electron chi connectivity index (χ0n) is 18.1. The first kappa shape index (κ1) is 24.8. The Bertz CT molecular complexity index is 1290. The normalized spacial score (nSPS) is 11.5. The molecular weight excluding hydrogens is 466 g/mol. The van der Waals surface area contributed by atoms with Crippen molar-refractivity contribution in [3.05, 3.63) is 51.3 Å². The third-order valence-electron chi connectivity index (χ3n) is 4.71. The minimum absolute atomic E-state index is 0.0502. The lowest BCUT2D eigenvalue weighted by Gasteiger charge is -2.14. The number of carbonyl (C=O) groups excluding carboxylic acids is 1. The molecule has 2 N–H and O–H groups in total. The maximum Gasteiger partial charge on any atom is 0.422 e. The second-order valence-corrected chi connectivity index (χ2v) is 6.95. The van der Waals surface area contributed by atoms with Gasteiger partial charge in [-0.25, -0.2) is 19.2 Å². The van der Waals surface area contributed by atoms with Crippen molar-refractivity contribution in [3.63, 3.8) is 0 Å². The Kier molecular flexibility index (Phi) is 6.95. The van der Waals surface area contributed by atoms with E-state index in [-0.39, 0.29) is 18.2 Å². The molecule has 0 aliphatic carbocycles. The fourth-order valence-corrected chi connectivity index (χ4v) is 2.88. The number of halogens is 4. The van der Waals surface area contributed by atoms with Crippen LogP contribution in [-0.2, 0) is 13.2 Å². The first-order valence-electron chi connectivity index (χ1n) is 9.76. The van der Waals surface area contributed by atoms with Gasteiger partial charge < -0.3 is 15.2 Å². The molecule has 0 fully saturated rings. The number of aryl methyl sites for hydroxylation is 1. The number of carbonyl (C=O) groups is 1. The number of aromatic nitrogens is 6. The molecule has 0 aliphatic rings. The summed E-state index contributed by atoms with van der Waals surface area (Å²) in [6.45, 7) is 2.40. The van der Waals surface area contributed by atoms with Crippen LogP contribution in [0, 0.1) is 19.7 Å². The van der Waals surface area contributed by atoms with Crippen LogP contribution in [0.2, 0.25) is 0 Å². The van der Waals surface area contributed by atoms with Gasteiger partial charge in [0.25, 0.3) is 5.91 Å². The second-order valence-electron chi connectivity index (χ2n) is 6.95. The van der Waals surface area contributed by atoms with E-state index in [1.165, 1.54) is 0 Å². The molecule has 0 aromatic carbocycles. The Morgan fingerprint density at radius 3 is 2.56 bits per heavy atom. The first-order chi connectivity index (χ1) is 16.0. The fourth-order valence-electron chi connectivity index (χ4n) is 2.88. The van der Waals surface area contributed by atoms with Gasteiger partial charge in [-0.05, 0) is 26.8 Å². The number of amides is 1. The number of nitrogens with zero attached hydrogens (tertiary/aromatic N) is 6. The van der Waals surface area contributed by atoms with Crippen molar-refractivity contribution in [2.45, 2.75) is 40.1 Å². The van der Waals surface area contributed by atoms with Gasteiger partial charge in [0.05, 0.1) is 0 Å². The number of aliphatic hydroxyl groups excluding tert-OH is 1. The van der Waals surface area contributed by atoms with Gasteiger partial charge in [-0.15, -0.1) is 5.10 Å². The molecule has 182 valence electrons. The second kappa shape index (κ2) is 9.54. The van der Waals surface area contributed by atoms with Crippen LogP contribution < -0.4 is 15.7 Å². The standard InChI is InChI=1S/C19H19F4N7O4/c1-4-29-13(6-31)28-30(18(29)33)15-12(20)5-11(17(27-15)34-7-19(21,22)23)16(32)26-14-9(2)10(3)24-8-25-14/h5,8,31H,4,6-7H2,1-3H3,(H,24,25,26,32). The highest BCUT2D eigenvalue weighted by atomic mass is 19.4.